The molecule has 28 heavy (non-hydrogen) atoms. The van der Waals surface area contributed by atoms with Crippen molar-refractivity contribution >= 4 is 17.5 Å². The van der Waals surface area contributed by atoms with Crippen LogP contribution in [0.4, 0.5) is 5.69 Å². The first kappa shape index (κ1) is 18.5. The van der Waals surface area contributed by atoms with Crippen LogP contribution in [0.15, 0.2) is 59.7 Å². The van der Waals surface area contributed by atoms with Crippen LogP contribution in [0, 0.1) is 0 Å². The molecule has 4 rings (SSSR count). The van der Waals surface area contributed by atoms with E-state index in [1.165, 1.54) is 5.01 Å². The summed E-state index contributed by atoms with van der Waals surface area (Å²) in [4.78, 5) is 14.6. The molecule has 0 radical (unpaired) electrons. The van der Waals surface area contributed by atoms with E-state index in [2.05, 4.69) is 10.0 Å². The molecule has 0 spiro atoms. The first-order valence-electron chi connectivity index (χ1n) is 9.42. The lowest BCUT2D eigenvalue weighted by atomic mass is 10.2. The Bertz CT molecular complexity index is 817. The van der Waals surface area contributed by atoms with Crippen LogP contribution < -0.4 is 9.75 Å². The number of ether oxygens (including phenoxy) is 3. The Morgan fingerprint density at radius 1 is 1.00 bits per heavy atom. The Kier molecular flexibility index (Phi) is 5.84. The minimum atomic E-state index is -0.208. The topological polar surface area (TPSA) is 63.6 Å². The highest BCUT2D eigenvalue weighted by molar-refractivity contribution is 6.04. The summed E-state index contributed by atoms with van der Waals surface area (Å²) in [5, 5.41) is 5.75. The fraction of sp³-hybridized carbons (Fsp3) is 0.333. The van der Waals surface area contributed by atoms with Crippen LogP contribution in [-0.4, -0.2) is 62.8 Å². The van der Waals surface area contributed by atoms with E-state index in [0.29, 0.717) is 18.2 Å². The van der Waals surface area contributed by atoms with Crippen molar-refractivity contribution in [1.29, 1.82) is 0 Å². The molecular formula is C21H23N3O4. The zero-order valence-corrected chi connectivity index (χ0v) is 15.6. The average Bonchev–Trinajstić information content (AvgIpc) is 2.76. The minimum Gasteiger partial charge on any atom is -0.492 e. The van der Waals surface area contributed by atoms with Gasteiger partial charge in [0.2, 0.25) is 5.90 Å². The molecule has 0 atom stereocenters. The number of hydrazone groups is 1. The van der Waals surface area contributed by atoms with Gasteiger partial charge in [0, 0.05) is 25.2 Å². The predicted octanol–water partition coefficient (Wildman–Crippen LogP) is 2.12. The first-order valence-corrected chi connectivity index (χ1v) is 9.42. The molecule has 0 saturated carbocycles. The highest BCUT2D eigenvalue weighted by Crippen LogP contribution is 2.22. The number of benzene rings is 2. The van der Waals surface area contributed by atoms with E-state index in [9.17, 15) is 4.79 Å². The second-order valence-corrected chi connectivity index (χ2v) is 6.56. The molecule has 7 heteroatoms. The van der Waals surface area contributed by atoms with Gasteiger partial charge in [-0.2, -0.15) is 5.01 Å². The molecule has 7 nitrogen and oxygen atoms in total. The van der Waals surface area contributed by atoms with Crippen LogP contribution in [0.5, 0.6) is 5.75 Å². The molecule has 2 heterocycles. The van der Waals surface area contributed by atoms with Crippen molar-refractivity contribution in [2.45, 2.75) is 0 Å². The zero-order valence-electron chi connectivity index (χ0n) is 15.6. The number of amides is 1. The molecular weight excluding hydrogens is 358 g/mol. The van der Waals surface area contributed by atoms with Crippen LogP contribution in [0.3, 0.4) is 0 Å². The van der Waals surface area contributed by atoms with E-state index >= 15 is 0 Å². The van der Waals surface area contributed by atoms with E-state index in [0.717, 1.165) is 44.2 Å². The number of rotatable bonds is 6. The quantitative estimate of drug-likeness (QED) is 0.767. The molecule has 0 unspecified atom stereocenters. The van der Waals surface area contributed by atoms with E-state index in [4.69, 9.17) is 14.2 Å². The molecule has 2 aromatic carbocycles. The van der Waals surface area contributed by atoms with Gasteiger partial charge in [-0.05, 0) is 36.4 Å². The van der Waals surface area contributed by atoms with Crippen LogP contribution in [-0.2, 0) is 14.3 Å². The van der Waals surface area contributed by atoms with Gasteiger partial charge in [-0.25, -0.2) is 0 Å². The minimum absolute atomic E-state index is 0.0362. The number of carbonyl (C=O) groups excluding carboxylic acids is 1. The molecule has 0 N–H and O–H groups in total. The summed E-state index contributed by atoms with van der Waals surface area (Å²) in [6, 6.07) is 16.9. The lowest BCUT2D eigenvalue weighted by molar-refractivity contribution is -0.121. The summed E-state index contributed by atoms with van der Waals surface area (Å²) in [6.45, 7) is 4.92. The summed E-state index contributed by atoms with van der Waals surface area (Å²) in [7, 11) is 0. The number of anilines is 1. The van der Waals surface area contributed by atoms with Crippen molar-refractivity contribution in [2.24, 2.45) is 5.10 Å². The van der Waals surface area contributed by atoms with E-state index < -0.39 is 0 Å². The summed E-state index contributed by atoms with van der Waals surface area (Å²) < 4.78 is 16.7. The van der Waals surface area contributed by atoms with Gasteiger partial charge in [0.1, 0.15) is 12.4 Å². The van der Waals surface area contributed by atoms with Crippen molar-refractivity contribution < 1.29 is 19.0 Å². The molecule has 2 aliphatic heterocycles. The number of nitrogens with zero attached hydrogens (tertiary/aromatic N) is 3. The van der Waals surface area contributed by atoms with E-state index in [1.807, 2.05) is 54.6 Å². The Hall–Kier alpha value is -2.90. The molecule has 0 aliphatic carbocycles. The Labute approximate surface area is 164 Å². The molecule has 1 fully saturated rings. The normalized spacial score (nSPS) is 17.8. The van der Waals surface area contributed by atoms with Gasteiger partial charge in [0.25, 0.3) is 5.91 Å². The van der Waals surface area contributed by atoms with E-state index in [1.54, 1.807) is 0 Å². The Balaban J connectivity index is 1.38. The summed E-state index contributed by atoms with van der Waals surface area (Å²) in [6.07, 6.45) is 0. The Morgan fingerprint density at radius 3 is 2.50 bits per heavy atom. The van der Waals surface area contributed by atoms with Crippen molar-refractivity contribution in [3.8, 4) is 5.75 Å². The fourth-order valence-electron chi connectivity index (χ4n) is 3.09. The largest absolute Gasteiger partial charge is 0.492 e. The Morgan fingerprint density at radius 2 is 1.75 bits per heavy atom. The van der Waals surface area contributed by atoms with Gasteiger partial charge in [-0.15, -0.1) is 5.10 Å². The maximum Gasteiger partial charge on any atom is 0.285 e. The molecule has 0 bridgehead atoms. The standard InChI is InChI=1S/C21H23N3O4/c25-20-16-28-21(17-4-2-1-3-5-17)22-24(20)18-6-8-19(9-7-18)27-15-12-23-10-13-26-14-11-23/h1-9H,10-16H2. The second kappa shape index (κ2) is 8.86. The molecule has 2 aliphatic rings. The first-order chi connectivity index (χ1) is 13.8. The smallest absolute Gasteiger partial charge is 0.285 e. The van der Waals surface area contributed by atoms with Crippen molar-refractivity contribution in [3.63, 3.8) is 0 Å². The molecule has 1 saturated heterocycles. The summed E-state index contributed by atoms with van der Waals surface area (Å²) in [5.74, 6) is 0.997. The lowest BCUT2D eigenvalue weighted by Crippen LogP contribution is -2.38. The van der Waals surface area contributed by atoms with Crippen molar-refractivity contribution in [1.82, 2.24) is 4.90 Å². The van der Waals surface area contributed by atoms with Gasteiger partial charge in [0.15, 0.2) is 6.61 Å². The third-order valence-electron chi connectivity index (χ3n) is 4.64. The number of carbonyl (C=O) groups is 1. The van der Waals surface area contributed by atoms with E-state index in [-0.39, 0.29) is 12.5 Å². The van der Waals surface area contributed by atoms with Crippen molar-refractivity contribution in [2.75, 3.05) is 51.1 Å². The average molecular weight is 381 g/mol. The number of hydrogen-bond acceptors (Lipinski definition) is 6. The van der Waals surface area contributed by atoms with Gasteiger partial charge < -0.3 is 14.2 Å². The monoisotopic (exact) mass is 381 g/mol. The lowest BCUT2D eigenvalue weighted by Gasteiger charge is -2.26. The van der Waals surface area contributed by atoms with Crippen LogP contribution in [0.25, 0.3) is 0 Å². The molecule has 0 aromatic heterocycles. The molecule has 1 amide bonds. The van der Waals surface area contributed by atoms with Gasteiger partial charge >= 0.3 is 0 Å². The molecule has 2 aromatic rings. The number of hydrogen-bond donors (Lipinski definition) is 0. The zero-order chi connectivity index (χ0) is 19.2. The summed E-state index contributed by atoms with van der Waals surface area (Å²) >= 11 is 0. The maximum atomic E-state index is 12.3. The third kappa shape index (κ3) is 4.49. The highest BCUT2D eigenvalue weighted by atomic mass is 16.5. The van der Waals surface area contributed by atoms with Crippen LogP contribution >= 0.6 is 0 Å². The van der Waals surface area contributed by atoms with Gasteiger partial charge in [-0.1, -0.05) is 18.2 Å². The fourth-order valence-corrected chi connectivity index (χ4v) is 3.09. The molecule has 146 valence electrons. The summed E-state index contributed by atoms with van der Waals surface area (Å²) in [5.41, 5.74) is 1.52. The highest BCUT2D eigenvalue weighted by Gasteiger charge is 2.24. The second-order valence-electron chi connectivity index (χ2n) is 6.56. The van der Waals surface area contributed by atoms with Crippen LogP contribution in [0.1, 0.15) is 5.56 Å². The maximum absolute atomic E-state index is 12.3. The predicted molar refractivity (Wildman–Crippen MR) is 106 cm³/mol. The van der Waals surface area contributed by atoms with Gasteiger partial charge in [0.05, 0.1) is 18.9 Å². The number of morpholine rings is 1. The van der Waals surface area contributed by atoms with Crippen molar-refractivity contribution in [3.05, 3.63) is 60.2 Å². The SMILES string of the molecule is O=C1COC(c2ccccc2)=NN1c1ccc(OCCN2CCOCC2)cc1. The van der Waals surface area contributed by atoms with Crippen LogP contribution in [0.2, 0.25) is 0 Å². The van der Waals surface area contributed by atoms with Gasteiger partial charge in [-0.3, -0.25) is 9.69 Å². The third-order valence-corrected chi connectivity index (χ3v) is 4.64.